The van der Waals surface area contributed by atoms with Gasteiger partial charge in [0.25, 0.3) is 0 Å². The van der Waals surface area contributed by atoms with E-state index in [2.05, 4.69) is 16.4 Å². The fourth-order valence-electron chi connectivity index (χ4n) is 3.44. The average molecular weight is 493 g/mol. The summed E-state index contributed by atoms with van der Waals surface area (Å²) in [4.78, 5) is 4.37. The summed E-state index contributed by atoms with van der Waals surface area (Å²) < 4.78 is 29.8. The van der Waals surface area contributed by atoms with Crippen LogP contribution in [0.5, 0.6) is 11.5 Å². The molecule has 0 amide bonds. The first-order chi connectivity index (χ1) is 17.0. The minimum absolute atomic E-state index is 0.173. The van der Waals surface area contributed by atoms with Gasteiger partial charge in [0.1, 0.15) is 36.6 Å². The third kappa shape index (κ3) is 5.72. The number of rotatable bonds is 9. The van der Waals surface area contributed by atoms with Crippen molar-refractivity contribution in [3.63, 3.8) is 0 Å². The Labute approximate surface area is 206 Å². The Balaban J connectivity index is 1.58. The van der Waals surface area contributed by atoms with Gasteiger partial charge >= 0.3 is 0 Å². The third-order valence-electron chi connectivity index (χ3n) is 5.15. The first-order valence-corrected chi connectivity index (χ1v) is 11.0. The highest BCUT2D eigenvalue weighted by Gasteiger charge is 2.14. The fraction of sp³-hybridized carbons (Fsp3) is 0.154. The zero-order valence-electron chi connectivity index (χ0n) is 18.8. The van der Waals surface area contributed by atoms with Crippen LogP contribution in [0, 0.1) is 17.1 Å². The number of anilines is 3. The minimum atomic E-state index is -0.330. The summed E-state index contributed by atoms with van der Waals surface area (Å²) in [6.07, 6.45) is 1.48. The second kappa shape index (κ2) is 10.9. The first kappa shape index (κ1) is 24.1. The molecule has 0 aliphatic carbocycles. The van der Waals surface area contributed by atoms with Gasteiger partial charge in [-0.15, -0.1) is 0 Å². The van der Waals surface area contributed by atoms with E-state index < -0.39 is 0 Å². The predicted octanol–water partition coefficient (Wildman–Crippen LogP) is 5.83. The number of nitrogens with zero attached hydrogens (tertiary/aromatic N) is 2. The van der Waals surface area contributed by atoms with Crippen LogP contribution in [0.3, 0.4) is 0 Å². The van der Waals surface area contributed by atoms with Crippen LogP contribution in [-0.2, 0) is 11.3 Å². The van der Waals surface area contributed by atoms with E-state index in [9.17, 15) is 9.65 Å². The van der Waals surface area contributed by atoms with E-state index in [0.29, 0.717) is 68.8 Å². The van der Waals surface area contributed by atoms with Crippen molar-refractivity contribution in [1.82, 2.24) is 4.98 Å². The number of nitrogens with two attached hydrogens (primary N) is 1. The van der Waals surface area contributed by atoms with Crippen LogP contribution in [0.2, 0.25) is 5.02 Å². The van der Waals surface area contributed by atoms with Crippen LogP contribution >= 0.6 is 11.6 Å². The number of hydrogen-bond acceptors (Lipinski definition) is 7. The molecule has 0 saturated heterocycles. The lowest BCUT2D eigenvalue weighted by atomic mass is 10.1. The van der Waals surface area contributed by atoms with Gasteiger partial charge in [0.05, 0.1) is 34.1 Å². The van der Waals surface area contributed by atoms with Gasteiger partial charge < -0.3 is 25.3 Å². The number of aromatic nitrogens is 1. The highest BCUT2D eigenvalue weighted by Crippen LogP contribution is 2.36. The summed E-state index contributed by atoms with van der Waals surface area (Å²) in [5, 5.41) is 13.9. The van der Waals surface area contributed by atoms with Crippen molar-refractivity contribution in [2.45, 2.75) is 6.61 Å². The summed E-state index contributed by atoms with van der Waals surface area (Å²) in [5.41, 5.74) is 9.41. The Bertz CT molecular complexity index is 1410. The largest absolute Gasteiger partial charge is 0.489 e. The molecule has 0 aliphatic heterocycles. The quantitative estimate of drug-likeness (QED) is 0.224. The molecule has 0 atom stereocenters. The van der Waals surface area contributed by atoms with Gasteiger partial charge in [0, 0.05) is 30.4 Å². The number of pyridine rings is 1. The van der Waals surface area contributed by atoms with Gasteiger partial charge in [0.15, 0.2) is 0 Å². The maximum Gasteiger partial charge on any atom is 0.144 e. The highest BCUT2D eigenvalue weighted by atomic mass is 35.5. The predicted molar refractivity (Wildman–Crippen MR) is 134 cm³/mol. The molecular weight excluding hydrogens is 471 g/mol. The molecule has 0 aliphatic rings. The van der Waals surface area contributed by atoms with Crippen molar-refractivity contribution in [2.24, 2.45) is 0 Å². The van der Waals surface area contributed by atoms with Gasteiger partial charge in [-0.05, 0) is 42.0 Å². The number of halogens is 2. The van der Waals surface area contributed by atoms with E-state index in [1.165, 1.54) is 18.3 Å². The Kier molecular flexibility index (Phi) is 7.51. The van der Waals surface area contributed by atoms with Crippen LogP contribution in [0.1, 0.15) is 11.1 Å². The van der Waals surface area contributed by atoms with E-state index >= 15 is 0 Å². The van der Waals surface area contributed by atoms with Crippen molar-refractivity contribution in [1.29, 1.82) is 5.26 Å². The van der Waals surface area contributed by atoms with Crippen molar-refractivity contribution in [3.8, 4) is 17.6 Å². The number of benzene rings is 3. The van der Waals surface area contributed by atoms with Gasteiger partial charge in [-0.3, -0.25) is 4.98 Å². The molecule has 178 valence electrons. The fourth-order valence-corrected chi connectivity index (χ4v) is 3.68. The molecule has 0 bridgehead atoms. The number of nitriles is 1. The van der Waals surface area contributed by atoms with E-state index in [4.69, 9.17) is 31.5 Å². The summed E-state index contributed by atoms with van der Waals surface area (Å²) in [6, 6.07) is 16.9. The second-order valence-electron chi connectivity index (χ2n) is 7.60. The number of fused-ring (bicyclic) bond motifs is 1. The zero-order chi connectivity index (χ0) is 24.8. The molecule has 4 rings (SSSR count). The molecule has 4 aromatic rings. The molecular formula is C26H22ClFN4O3. The molecule has 0 radical (unpaired) electrons. The first-order valence-electron chi connectivity index (χ1n) is 10.7. The molecule has 0 fully saturated rings. The van der Waals surface area contributed by atoms with Crippen LogP contribution in [0.4, 0.5) is 21.5 Å². The number of methoxy groups -OCH3 is 1. The summed E-state index contributed by atoms with van der Waals surface area (Å²) in [5.74, 6) is 0.605. The van der Waals surface area contributed by atoms with Crippen molar-refractivity contribution >= 4 is 39.6 Å². The van der Waals surface area contributed by atoms with Gasteiger partial charge in [0.2, 0.25) is 0 Å². The van der Waals surface area contributed by atoms with E-state index in [0.717, 1.165) is 0 Å². The lowest BCUT2D eigenvalue weighted by Gasteiger charge is -2.15. The van der Waals surface area contributed by atoms with Crippen molar-refractivity contribution < 1.29 is 18.6 Å². The molecule has 0 unspecified atom stereocenters. The van der Waals surface area contributed by atoms with Gasteiger partial charge in [-0.1, -0.05) is 23.7 Å². The molecule has 0 spiro atoms. The molecule has 7 nitrogen and oxygen atoms in total. The topological polar surface area (TPSA) is 102 Å². The molecule has 3 N–H and O–H groups in total. The Hall–Kier alpha value is -4.06. The monoisotopic (exact) mass is 492 g/mol. The second-order valence-corrected chi connectivity index (χ2v) is 8.00. The van der Waals surface area contributed by atoms with E-state index in [1.807, 2.05) is 0 Å². The third-order valence-corrected chi connectivity index (χ3v) is 5.44. The molecule has 1 heterocycles. The molecule has 9 heteroatoms. The zero-order valence-corrected chi connectivity index (χ0v) is 19.6. The van der Waals surface area contributed by atoms with E-state index in [-0.39, 0.29) is 12.4 Å². The summed E-state index contributed by atoms with van der Waals surface area (Å²) in [6.45, 7) is 0.944. The standard InChI is InChI=1S/C26H22ClFN4O3/c1-33-7-8-34-25-12-23-20(11-22(25)30)26(17(13-29)14-31-23)32-19-5-6-24(21(27)10-19)35-15-16-3-2-4-18(28)9-16/h2-6,9-12,14H,7-8,15,30H2,1H3,(H,31,32). The van der Waals surface area contributed by atoms with Crippen molar-refractivity contribution in [3.05, 3.63) is 82.8 Å². The van der Waals surface area contributed by atoms with E-state index in [1.54, 1.807) is 49.6 Å². The number of ether oxygens (including phenoxy) is 3. The number of nitrogens with one attached hydrogen (secondary N) is 1. The maximum absolute atomic E-state index is 13.4. The Morgan fingerprint density at radius 1 is 1.09 bits per heavy atom. The maximum atomic E-state index is 13.4. The highest BCUT2D eigenvalue weighted by molar-refractivity contribution is 6.32. The molecule has 1 aromatic heterocycles. The van der Waals surface area contributed by atoms with Gasteiger partial charge in [-0.2, -0.15) is 5.26 Å². The average Bonchev–Trinajstić information content (AvgIpc) is 2.84. The smallest absolute Gasteiger partial charge is 0.144 e. The SMILES string of the molecule is COCCOc1cc2ncc(C#N)c(Nc3ccc(OCc4cccc(F)c4)c(Cl)c3)c2cc1N. The Morgan fingerprint density at radius 2 is 1.94 bits per heavy atom. The summed E-state index contributed by atoms with van der Waals surface area (Å²) >= 11 is 6.43. The molecule has 0 saturated carbocycles. The van der Waals surface area contributed by atoms with Gasteiger partial charge in [-0.25, -0.2) is 4.39 Å². The summed E-state index contributed by atoms with van der Waals surface area (Å²) in [7, 11) is 1.59. The van der Waals surface area contributed by atoms with Crippen LogP contribution in [0.25, 0.3) is 10.9 Å². The lowest BCUT2D eigenvalue weighted by molar-refractivity contribution is 0.147. The van der Waals surface area contributed by atoms with Crippen molar-refractivity contribution in [2.75, 3.05) is 31.4 Å². The van der Waals surface area contributed by atoms with Crippen LogP contribution in [0.15, 0.2) is 60.8 Å². The molecule has 35 heavy (non-hydrogen) atoms. The Morgan fingerprint density at radius 3 is 2.69 bits per heavy atom. The number of nitrogen functional groups attached to an aromatic ring is 1. The lowest BCUT2D eigenvalue weighted by Crippen LogP contribution is -2.06. The van der Waals surface area contributed by atoms with Crippen LogP contribution in [-0.4, -0.2) is 25.3 Å². The minimum Gasteiger partial charge on any atom is -0.489 e. The normalized spacial score (nSPS) is 10.7. The van der Waals surface area contributed by atoms with Crippen LogP contribution < -0.4 is 20.5 Å². The molecule has 3 aromatic carbocycles. The number of hydrogen-bond donors (Lipinski definition) is 2.